The Labute approximate surface area is 188 Å². The number of hydrogen-bond acceptors (Lipinski definition) is 5. The molecule has 0 spiro atoms. The first kappa shape index (κ1) is 20.4. The van der Waals surface area contributed by atoms with Gasteiger partial charge in [-0.25, -0.2) is 0 Å². The lowest BCUT2D eigenvalue weighted by Crippen LogP contribution is -1.98. The quantitative estimate of drug-likeness (QED) is 0.322. The van der Waals surface area contributed by atoms with Crippen LogP contribution in [0.3, 0.4) is 0 Å². The Morgan fingerprint density at radius 3 is 2.13 bits per heavy atom. The van der Waals surface area contributed by atoms with Gasteiger partial charge in [-0.05, 0) is 59.8 Å². The van der Waals surface area contributed by atoms with E-state index in [4.69, 9.17) is 0 Å². The summed E-state index contributed by atoms with van der Waals surface area (Å²) in [4.78, 5) is 2.74. The minimum absolute atomic E-state index is 0.116. The third-order valence-corrected chi connectivity index (χ3v) is 6.97. The van der Waals surface area contributed by atoms with Crippen LogP contribution in [-0.2, 0) is 6.42 Å². The van der Waals surface area contributed by atoms with Gasteiger partial charge in [0.25, 0.3) is 0 Å². The molecule has 4 aromatic rings. The van der Waals surface area contributed by atoms with Gasteiger partial charge in [-0.3, -0.25) is 0 Å². The second-order valence-corrected chi connectivity index (χ2v) is 8.72. The molecule has 4 nitrogen and oxygen atoms in total. The van der Waals surface area contributed by atoms with Gasteiger partial charge in [-0.1, -0.05) is 25.1 Å². The molecular weight excluding hydrogens is 420 g/mol. The van der Waals surface area contributed by atoms with Crippen molar-refractivity contribution in [3.63, 3.8) is 0 Å². The van der Waals surface area contributed by atoms with Crippen molar-refractivity contribution < 1.29 is 0 Å². The summed E-state index contributed by atoms with van der Waals surface area (Å²) in [6.45, 7) is 2.14. The minimum atomic E-state index is -0.166. The number of aromatic nitrogens is 1. The molecule has 0 saturated heterocycles. The number of rotatable bonds is 5. The normalized spacial score (nSPS) is 10.1. The molecule has 0 fully saturated rings. The maximum atomic E-state index is 9.50. The third-order valence-electron chi connectivity index (χ3n) is 4.95. The molecule has 6 heteroatoms. The Bertz CT molecular complexity index is 1360. The molecule has 1 aromatic carbocycles. The molecule has 148 valence electrons. The smallest absolute Gasteiger partial charge is 0.148 e. The Hall–Kier alpha value is -3.89. The second kappa shape index (κ2) is 8.86. The number of aryl methyl sites for hydroxylation is 1. The molecule has 3 heterocycles. The lowest BCUT2D eigenvalue weighted by Gasteiger charge is -2.13. The minimum Gasteiger partial charge on any atom is -0.308 e. The second-order valence-electron chi connectivity index (χ2n) is 6.69. The third kappa shape index (κ3) is 3.81. The van der Waals surface area contributed by atoms with Gasteiger partial charge in [-0.2, -0.15) is 15.8 Å². The first-order valence-corrected chi connectivity index (χ1v) is 11.3. The summed E-state index contributed by atoms with van der Waals surface area (Å²) in [5.74, 6) is 0. The van der Waals surface area contributed by atoms with Crippen LogP contribution in [0.2, 0.25) is 0 Å². The molecule has 0 atom stereocenters. The zero-order valence-electron chi connectivity index (χ0n) is 16.7. The summed E-state index contributed by atoms with van der Waals surface area (Å²) >= 11 is 3.09. The van der Waals surface area contributed by atoms with Gasteiger partial charge in [0.1, 0.15) is 23.8 Å². The van der Waals surface area contributed by atoms with Gasteiger partial charge in [0, 0.05) is 10.6 Å². The summed E-state index contributed by atoms with van der Waals surface area (Å²) < 4.78 is 2.21. The van der Waals surface area contributed by atoms with Crippen LogP contribution < -0.4 is 0 Å². The molecule has 0 bridgehead atoms. The number of allylic oxidation sites excluding steroid dienone is 2. The van der Waals surface area contributed by atoms with Gasteiger partial charge >= 0.3 is 0 Å². The van der Waals surface area contributed by atoms with E-state index in [0.29, 0.717) is 4.88 Å². The van der Waals surface area contributed by atoms with E-state index in [9.17, 15) is 15.8 Å². The summed E-state index contributed by atoms with van der Waals surface area (Å²) in [5.41, 5.74) is 4.37. The number of hydrogen-bond donors (Lipinski definition) is 0. The van der Waals surface area contributed by atoms with E-state index >= 15 is 0 Å². The molecule has 0 radical (unpaired) electrons. The predicted octanol–water partition coefficient (Wildman–Crippen LogP) is 6.82. The van der Waals surface area contributed by atoms with Crippen LogP contribution in [-0.4, -0.2) is 4.57 Å². The van der Waals surface area contributed by atoms with Crippen molar-refractivity contribution in [2.24, 2.45) is 0 Å². The molecule has 0 aliphatic heterocycles. The van der Waals surface area contributed by atoms with Gasteiger partial charge in [0.2, 0.25) is 0 Å². The number of thiophene rings is 2. The molecule has 31 heavy (non-hydrogen) atoms. The topological polar surface area (TPSA) is 76.3 Å². The molecule has 0 amide bonds. The highest BCUT2D eigenvalue weighted by Crippen LogP contribution is 2.38. The van der Waals surface area contributed by atoms with Crippen LogP contribution in [0.15, 0.2) is 71.6 Å². The largest absolute Gasteiger partial charge is 0.308 e. The fraction of sp³-hybridized carbons (Fsp3) is 0.0800. The lowest BCUT2D eigenvalue weighted by atomic mass is 10.1. The van der Waals surface area contributed by atoms with E-state index in [-0.39, 0.29) is 11.1 Å². The SMILES string of the molecule is CCc1ccc(-n2c(-c3cccs3)ccc2-c2ccc(C(C#N)=C(C#N)C#N)s2)cc1. The van der Waals surface area contributed by atoms with Crippen molar-refractivity contribution in [2.45, 2.75) is 13.3 Å². The van der Waals surface area contributed by atoms with Crippen LogP contribution in [0.1, 0.15) is 17.4 Å². The predicted molar refractivity (Wildman–Crippen MR) is 126 cm³/mol. The van der Waals surface area contributed by atoms with Gasteiger partial charge in [0.05, 0.1) is 26.7 Å². The number of nitrogens with zero attached hydrogens (tertiary/aromatic N) is 4. The lowest BCUT2D eigenvalue weighted by molar-refractivity contribution is 1.08. The summed E-state index contributed by atoms with van der Waals surface area (Å²) in [6, 6.07) is 26.2. The average molecular weight is 437 g/mol. The molecule has 3 aromatic heterocycles. The van der Waals surface area contributed by atoms with Gasteiger partial charge in [-0.15, -0.1) is 22.7 Å². The maximum Gasteiger partial charge on any atom is 0.148 e. The Balaban J connectivity index is 1.88. The maximum absolute atomic E-state index is 9.50. The molecule has 0 aliphatic rings. The first-order chi connectivity index (χ1) is 15.2. The molecule has 4 rings (SSSR count). The van der Waals surface area contributed by atoms with Crippen LogP contribution in [0.5, 0.6) is 0 Å². The van der Waals surface area contributed by atoms with Crippen molar-refractivity contribution in [2.75, 3.05) is 0 Å². The monoisotopic (exact) mass is 436 g/mol. The Kier molecular flexibility index (Phi) is 5.83. The van der Waals surface area contributed by atoms with E-state index in [0.717, 1.165) is 33.3 Å². The number of nitriles is 3. The first-order valence-electron chi connectivity index (χ1n) is 9.60. The zero-order valence-corrected chi connectivity index (χ0v) is 18.3. The van der Waals surface area contributed by atoms with Crippen LogP contribution in [0, 0.1) is 34.0 Å². The zero-order chi connectivity index (χ0) is 21.8. The summed E-state index contributed by atoms with van der Waals surface area (Å²) in [6.07, 6.45) is 0.980. The molecule has 0 aliphatic carbocycles. The van der Waals surface area contributed by atoms with Gasteiger partial charge < -0.3 is 4.57 Å². The molecule has 0 N–H and O–H groups in total. The van der Waals surface area contributed by atoms with Crippen molar-refractivity contribution in [3.05, 3.63) is 82.1 Å². The fourth-order valence-electron chi connectivity index (χ4n) is 3.39. The molecular formula is C25H16N4S2. The van der Waals surface area contributed by atoms with Crippen molar-refractivity contribution in [1.29, 1.82) is 15.8 Å². The summed E-state index contributed by atoms with van der Waals surface area (Å²) in [7, 11) is 0. The molecule has 0 saturated carbocycles. The van der Waals surface area contributed by atoms with Gasteiger partial charge in [0.15, 0.2) is 0 Å². The van der Waals surface area contributed by atoms with Crippen LogP contribution in [0.4, 0.5) is 0 Å². The van der Waals surface area contributed by atoms with Crippen molar-refractivity contribution in [1.82, 2.24) is 4.57 Å². The standard InChI is InChI=1S/C25H16N4S2/c1-2-17-5-7-19(8-6-17)29-21(24-4-3-13-30-24)9-10-22(29)25-12-11-23(31-25)20(16-28)18(14-26)15-27/h3-13H,2H2,1H3. The van der Waals surface area contributed by atoms with Crippen molar-refractivity contribution in [3.8, 4) is 45.0 Å². The Morgan fingerprint density at radius 1 is 0.839 bits per heavy atom. The van der Waals surface area contributed by atoms with E-state index in [2.05, 4.69) is 59.3 Å². The van der Waals surface area contributed by atoms with E-state index in [1.54, 1.807) is 17.4 Å². The van der Waals surface area contributed by atoms with E-state index < -0.39 is 0 Å². The molecule has 0 unspecified atom stereocenters. The highest BCUT2D eigenvalue weighted by atomic mass is 32.1. The Morgan fingerprint density at radius 2 is 1.55 bits per heavy atom. The highest BCUT2D eigenvalue weighted by Gasteiger charge is 2.18. The number of benzene rings is 1. The fourth-order valence-corrected chi connectivity index (χ4v) is 5.15. The average Bonchev–Trinajstić information content (AvgIpc) is 3.57. The van der Waals surface area contributed by atoms with E-state index in [1.807, 2.05) is 30.3 Å². The van der Waals surface area contributed by atoms with Crippen LogP contribution in [0.25, 0.3) is 32.4 Å². The van der Waals surface area contributed by atoms with E-state index in [1.165, 1.54) is 16.9 Å². The van der Waals surface area contributed by atoms with Crippen molar-refractivity contribution >= 4 is 28.2 Å². The van der Waals surface area contributed by atoms with Crippen LogP contribution >= 0.6 is 22.7 Å². The highest BCUT2D eigenvalue weighted by molar-refractivity contribution is 7.16. The summed E-state index contributed by atoms with van der Waals surface area (Å²) in [5, 5.41) is 29.9.